The Kier molecular flexibility index (Phi) is 2.25. The van der Waals surface area contributed by atoms with Gasteiger partial charge in [-0.15, -0.1) is 0 Å². The standard InChI is InChI=1S/C8H4ClIN2O/c9-4-1-5-6(11-3-4)2-7(10)12-8(5)13/h1-3H,(H,12,13). The second-order valence-corrected chi connectivity index (χ2v) is 4.13. The molecule has 0 amide bonds. The molecule has 0 unspecified atom stereocenters. The summed E-state index contributed by atoms with van der Waals surface area (Å²) in [6.07, 6.45) is 1.53. The van der Waals surface area contributed by atoms with Gasteiger partial charge in [0.1, 0.15) is 0 Å². The van der Waals surface area contributed by atoms with Crippen LogP contribution in [0.4, 0.5) is 0 Å². The topological polar surface area (TPSA) is 45.8 Å². The van der Waals surface area contributed by atoms with Crippen LogP contribution in [0.5, 0.6) is 0 Å². The van der Waals surface area contributed by atoms with E-state index in [2.05, 4.69) is 9.97 Å². The summed E-state index contributed by atoms with van der Waals surface area (Å²) in [5.41, 5.74) is 0.509. The van der Waals surface area contributed by atoms with Crippen LogP contribution < -0.4 is 5.56 Å². The fourth-order valence-electron chi connectivity index (χ4n) is 1.08. The lowest BCUT2D eigenvalue weighted by Crippen LogP contribution is -2.07. The molecule has 3 nitrogen and oxygen atoms in total. The van der Waals surface area contributed by atoms with Crippen LogP contribution in [0.3, 0.4) is 0 Å². The molecule has 0 aliphatic carbocycles. The number of halogens is 2. The maximum absolute atomic E-state index is 11.4. The molecule has 0 saturated heterocycles. The van der Waals surface area contributed by atoms with Crippen molar-refractivity contribution >= 4 is 45.1 Å². The third-order valence-electron chi connectivity index (χ3n) is 1.63. The first-order chi connectivity index (χ1) is 6.16. The average Bonchev–Trinajstić information content (AvgIpc) is 2.06. The first-order valence-corrected chi connectivity index (χ1v) is 4.96. The summed E-state index contributed by atoms with van der Waals surface area (Å²) >= 11 is 7.75. The summed E-state index contributed by atoms with van der Waals surface area (Å²) < 4.78 is 0.768. The molecule has 13 heavy (non-hydrogen) atoms. The molecule has 0 atom stereocenters. The highest BCUT2D eigenvalue weighted by Crippen LogP contribution is 2.13. The molecule has 0 aliphatic heterocycles. The first-order valence-electron chi connectivity index (χ1n) is 3.51. The van der Waals surface area contributed by atoms with Crippen molar-refractivity contribution in [2.75, 3.05) is 0 Å². The van der Waals surface area contributed by atoms with Gasteiger partial charge < -0.3 is 4.98 Å². The largest absolute Gasteiger partial charge is 0.317 e. The summed E-state index contributed by atoms with van der Waals surface area (Å²) in [5.74, 6) is 0. The highest BCUT2D eigenvalue weighted by Gasteiger charge is 2.01. The molecule has 0 aromatic carbocycles. The first kappa shape index (κ1) is 8.96. The van der Waals surface area contributed by atoms with Gasteiger partial charge in [-0.2, -0.15) is 0 Å². The summed E-state index contributed by atoms with van der Waals surface area (Å²) in [6, 6.07) is 3.41. The van der Waals surface area contributed by atoms with Crippen molar-refractivity contribution in [2.24, 2.45) is 0 Å². The Hall–Kier alpha value is -0.620. The molecule has 2 aromatic rings. The predicted octanol–water partition coefficient (Wildman–Crippen LogP) is 2.18. The van der Waals surface area contributed by atoms with Crippen molar-refractivity contribution in [3.8, 4) is 0 Å². The molecule has 0 fully saturated rings. The number of aromatic amines is 1. The highest BCUT2D eigenvalue weighted by atomic mass is 127. The minimum Gasteiger partial charge on any atom is -0.317 e. The molecule has 2 heterocycles. The Morgan fingerprint density at radius 3 is 3.00 bits per heavy atom. The van der Waals surface area contributed by atoms with Crippen LogP contribution in [-0.4, -0.2) is 9.97 Å². The summed E-state index contributed by atoms with van der Waals surface area (Å²) in [5, 5.41) is 0.993. The normalized spacial score (nSPS) is 10.6. The monoisotopic (exact) mass is 306 g/mol. The SMILES string of the molecule is O=c1[nH]c(I)cc2ncc(Cl)cc12. The van der Waals surface area contributed by atoms with Crippen LogP contribution in [0, 0.1) is 3.70 Å². The Morgan fingerprint density at radius 2 is 2.23 bits per heavy atom. The van der Waals surface area contributed by atoms with Crippen LogP contribution in [0.15, 0.2) is 23.1 Å². The highest BCUT2D eigenvalue weighted by molar-refractivity contribution is 14.1. The van der Waals surface area contributed by atoms with E-state index in [1.165, 1.54) is 6.20 Å². The second kappa shape index (κ2) is 3.26. The molecule has 0 aliphatic rings. The minimum absolute atomic E-state index is 0.156. The molecule has 0 spiro atoms. The van der Waals surface area contributed by atoms with Crippen molar-refractivity contribution in [3.63, 3.8) is 0 Å². The van der Waals surface area contributed by atoms with Crippen LogP contribution in [0.2, 0.25) is 5.02 Å². The lowest BCUT2D eigenvalue weighted by Gasteiger charge is -1.97. The van der Waals surface area contributed by atoms with Gasteiger partial charge in [0.05, 0.1) is 19.6 Å². The maximum Gasteiger partial charge on any atom is 0.258 e. The summed E-state index contributed by atoms with van der Waals surface area (Å²) in [4.78, 5) is 18.1. The van der Waals surface area contributed by atoms with Crippen molar-refractivity contribution in [1.29, 1.82) is 0 Å². The van der Waals surface area contributed by atoms with Crippen LogP contribution in [0.25, 0.3) is 10.9 Å². The zero-order chi connectivity index (χ0) is 9.42. The third-order valence-corrected chi connectivity index (χ3v) is 2.41. The smallest absolute Gasteiger partial charge is 0.258 e. The number of H-pyrrole nitrogens is 1. The molecule has 2 aromatic heterocycles. The summed E-state index contributed by atoms with van der Waals surface area (Å²) in [7, 11) is 0. The van der Waals surface area contributed by atoms with Gasteiger partial charge in [-0.05, 0) is 34.7 Å². The van der Waals surface area contributed by atoms with Crippen molar-refractivity contribution in [3.05, 3.63) is 37.4 Å². The van der Waals surface area contributed by atoms with Gasteiger partial charge in [-0.1, -0.05) is 11.6 Å². The number of rotatable bonds is 0. The van der Waals surface area contributed by atoms with Crippen LogP contribution >= 0.6 is 34.2 Å². The van der Waals surface area contributed by atoms with E-state index in [9.17, 15) is 4.79 Å². The van der Waals surface area contributed by atoms with E-state index in [0.717, 1.165) is 3.70 Å². The molecule has 0 bridgehead atoms. The zero-order valence-corrected chi connectivity index (χ0v) is 9.26. The van der Waals surface area contributed by atoms with E-state index < -0.39 is 0 Å². The van der Waals surface area contributed by atoms with Gasteiger partial charge in [0.2, 0.25) is 0 Å². The number of hydrogen-bond acceptors (Lipinski definition) is 2. The number of fused-ring (bicyclic) bond motifs is 1. The molecular formula is C8H4ClIN2O. The lowest BCUT2D eigenvalue weighted by molar-refractivity contribution is 1.21. The Labute approximate surface area is 92.3 Å². The Bertz CT molecular complexity index is 523. The van der Waals surface area contributed by atoms with E-state index in [0.29, 0.717) is 15.9 Å². The van der Waals surface area contributed by atoms with E-state index >= 15 is 0 Å². The van der Waals surface area contributed by atoms with E-state index in [-0.39, 0.29) is 5.56 Å². The van der Waals surface area contributed by atoms with Crippen LogP contribution in [0.1, 0.15) is 0 Å². The van der Waals surface area contributed by atoms with E-state index in [1.807, 2.05) is 22.6 Å². The predicted molar refractivity (Wildman–Crippen MR) is 60.1 cm³/mol. The van der Waals surface area contributed by atoms with Gasteiger partial charge >= 0.3 is 0 Å². The maximum atomic E-state index is 11.4. The number of pyridine rings is 2. The van der Waals surface area contributed by atoms with Gasteiger partial charge in [0, 0.05) is 6.20 Å². The summed E-state index contributed by atoms with van der Waals surface area (Å²) in [6.45, 7) is 0. The zero-order valence-electron chi connectivity index (χ0n) is 6.34. The number of nitrogens with zero attached hydrogens (tertiary/aromatic N) is 1. The molecule has 1 N–H and O–H groups in total. The van der Waals surface area contributed by atoms with Gasteiger partial charge in [-0.25, -0.2) is 0 Å². The lowest BCUT2D eigenvalue weighted by atomic mass is 10.3. The van der Waals surface area contributed by atoms with Crippen LogP contribution in [-0.2, 0) is 0 Å². The number of aromatic nitrogens is 2. The van der Waals surface area contributed by atoms with Gasteiger partial charge in [0.25, 0.3) is 5.56 Å². The Morgan fingerprint density at radius 1 is 1.46 bits per heavy atom. The average molecular weight is 306 g/mol. The molecule has 0 saturated carbocycles. The molecular weight excluding hydrogens is 302 g/mol. The number of hydrogen-bond donors (Lipinski definition) is 1. The van der Waals surface area contributed by atoms with Crippen molar-refractivity contribution < 1.29 is 0 Å². The van der Waals surface area contributed by atoms with Gasteiger partial charge in [0.15, 0.2) is 0 Å². The Balaban J connectivity index is 2.95. The fourth-order valence-corrected chi connectivity index (χ4v) is 1.78. The minimum atomic E-state index is -0.156. The second-order valence-electron chi connectivity index (χ2n) is 2.53. The molecule has 5 heteroatoms. The van der Waals surface area contributed by atoms with Gasteiger partial charge in [-0.3, -0.25) is 9.78 Å². The quantitative estimate of drug-likeness (QED) is 0.599. The molecule has 66 valence electrons. The fraction of sp³-hybridized carbons (Fsp3) is 0. The van der Waals surface area contributed by atoms with Crippen molar-refractivity contribution in [1.82, 2.24) is 9.97 Å². The third kappa shape index (κ3) is 1.68. The van der Waals surface area contributed by atoms with E-state index in [4.69, 9.17) is 11.6 Å². The molecule has 2 rings (SSSR count). The molecule has 0 radical (unpaired) electrons. The van der Waals surface area contributed by atoms with Crippen molar-refractivity contribution in [2.45, 2.75) is 0 Å². The number of nitrogens with one attached hydrogen (secondary N) is 1. The van der Waals surface area contributed by atoms with E-state index in [1.54, 1.807) is 12.1 Å².